The maximum absolute atomic E-state index is 13.7. The van der Waals surface area contributed by atoms with E-state index in [0.29, 0.717) is 37.7 Å². The molecule has 0 bridgehead atoms. The topological polar surface area (TPSA) is 138 Å². The maximum atomic E-state index is 13.7. The van der Waals surface area contributed by atoms with Crippen LogP contribution in [0.25, 0.3) is 0 Å². The number of hydrogen-bond donors (Lipinski definition) is 3. The number of hydrogen-bond acceptors (Lipinski definition) is 7. The van der Waals surface area contributed by atoms with E-state index in [-0.39, 0.29) is 24.0 Å². The minimum Gasteiger partial charge on any atom is -0.497 e. The lowest BCUT2D eigenvalue weighted by molar-refractivity contribution is -0.134. The van der Waals surface area contributed by atoms with E-state index in [1.54, 1.807) is 33.1 Å². The second-order valence-electron chi connectivity index (χ2n) is 12.2. The van der Waals surface area contributed by atoms with E-state index in [1.807, 2.05) is 12.1 Å². The van der Waals surface area contributed by atoms with E-state index >= 15 is 0 Å². The highest BCUT2D eigenvalue weighted by Crippen LogP contribution is 2.33. The number of ether oxygens (including phenoxy) is 2. The number of methoxy groups -OCH3 is 1. The van der Waals surface area contributed by atoms with Gasteiger partial charge in [0, 0.05) is 12.1 Å². The van der Waals surface area contributed by atoms with Gasteiger partial charge in [-0.25, -0.2) is 0 Å². The molecular formula is C32H46N4O6. The fraction of sp³-hybridized carbons (Fsp3) is 0.656. The first kappa shape index (κ1) is 31.7. The molecule has 0 spiro atoms. The summed E-state index contributed by atoms with van der Waals surface area (Å²) in [6.07, 6.45) is 7.45. The van der Waals surface area contributed by atoms with Crippen LogP contribution in [0, 0.1) is 11.8 Å². The third-order valence-corrected chi connectivity index (χ3v) is 8.85. The highest BCUT2D eigenvalue weighted by molar-refractivity contribution is 5.98. The molecule has 0 aromatic heterocycles. The molecule has 2 aliphatic heterocycles. The summed E-state index contributed by atoms with van der Waals surface area (Å²) >= 11 is 0. The van der Waals surface area contributed by atoms with Crippen molar-refractivity contribution >= 4 is 29.2 Å². The molecule has 5 unspecified atom stereocenters. The zero-order valence-electron chi connectivity index (χ0n) is 25.4. The van der Waals surface area contributed by atoms with Crippen molar-refractivity contribution in [2.24, 2.45) is 16.8 Å². The van der Waals surface area contributed by atoms with Crippen LogP contribution in [0.2, 0.25) is 0 Å². The first-order valence-electron chi connectivity index (χ1n) is 15.4. The predicted molar refractivity (Wildman–Crippen MR) is 159 cm³/mol. The Bertz CT molecular complexity index is 1160. The number of benzene rings is 1. The molecule has 1 aliphatic carbocycles. The van der Waals surface area contributed by atoms with Crippen LogP contribution in [0.1, 0.15) is 77.7 Å². The first-order chi connectivity index (χ1) is 20.1. The van der Waals surface area contributed by atoms with Crippen molar-refractivity contribution in [1.82, 2.24) is 16.0 Å². The van der Waals surface area contributed by atoms with Gasteiger partial charge in [-0.2, -0.15) is 0 Å². The number of nitrogens with zero attached hydrogens (tertiary/aromatic N) is 1. The third-order valence-electron chi connectivity index (χ3n) is 8.85. The average molecular weight is 583 g/mol. The molecule has 5 atom stereocenters. The van der Waals surface area contributed by atoms with Gasteiger partial charge in [-0.3, -0.25) is 24.2 Å². The maximum Gasteiger partial charge on any atom is 0.243 e. The lowest BCUT2D eigenvalue weighted by atomic mass is 9.90. The monoisotopic (exact) mass is 582 g/mol. The molecule has 2 heterocycles. The fourth-order valence-electron chi connectivity index (χ4n) is 5.86. The van der Waals surface area contributed by atoms with Gasteiger partial charge >= 0.3 is 0 Å². The van der Waals surface area contributed by atoms with Crippen LogP contribution in [-0.4, -0.2) is 73.2 Å². The van der Waals surface area contributed by atoms with Crippen molar-refractivity contribution in [2.75, 3.05) is 20.3 Å². The second-order valence-corrected chi connectivity index (χ2v) is 12.2. The van der Waals surface area contributed by atoms with Crippen LogP contribution in [0.5, 0.6) is 5.75 Å². The van der Waals surface area contributed by atoms with Crippen LogP contribution < -0.4 is 20.7 Å². The molecule has 42 heavy (non-hydrogen) atoms. The van der Waals surface area contributed by atoms with Gasteiger partial charge in [0.05, 0.1) is 32.2 Å². The lowest BCUT2D eigenvalue weighted by Gasteiger charge is -2.27. The second kappa shape index (κ2) is 14.3. The largest absolute Gasteiger partial charge is 0.497 e. The molecule has 230 valence electrons. The van der Waals surface area contributed by atoms with Crippen LogP contribution in [-0.2, 0) is 30.3 Å². The van der Waals surface area contributed by atoms with Crippen LogP contribution in [0.3, 0.4) is 0 Å². The quantitative estimate of drug-likeness (QED) is 0.289. The van der Waals surface area contributed by atoms with E-state index in [4.69, 9.17) is 9.47 Å². The van der Waals surface area contributed by atoms with Gasteiger partial charge in [0.15, 0.2) is 5.78 Å². The molecule has 1 saturated carbocycles. The molecule has 1 aromatic rings. The Morgan fingerprint density at radius 3 is 2.26 bits per heavy atom. The van der Waals surface area contributed by atoms with Crippen molar-refractivity contribution in [3.63, 3.8) is 0 Å². The number of rotatable bonds is 14. The Hall–Kier alpha value is -3.27. The van der Waals surface area contributed by atoms with Crippen molar-refractivity contribution < 1.29 is 28.7 Å². The van der Waals surface area contributed by atoms with E-state index < -0.39 is 35.5 Å². The molecule has 4 rings (SSSR count). The number of carbonyl (C=O) groups is 4. The minimum absolute atomic E-state index is 0.126. The Kier molecular flexibility index (Phi) is 10.8. The van der Waals surface area contributed by atoms with Gasteiger partial charge in [-0.15, -0.1) is 0 Å². The zero-order chi connectivity index (χ0) is 30.3. The van der Waals surface area contributed by atoms with Crippen LogP contribution >= 0.6 is 0 Å². The van der Waals surface area contributed by atoms with E-state index in [1.165, 1.54) is 0 Å². The van der Waals surface area contributed by atoms with Gasteiger partial charge in [0.25, 0.3) is 0 Å². The van der Waals surface area contributed by atoms with Gasteiger partial charge in [-0.05, 0) is 63.1 Å². The molecule has 10 nitrogen and oxygen atoms in total. The number of amides is 3. The highest BCUT2D eigenvalue weighted by atomic mass is 16.6. The summed E-state index contributed by atoms with van der Waals surface area (Å²) in [6.45, 7) is 6.18. The van der Waals surface area contributed by atoms with E-state index in [9.17, 15) is 19.2 Å². The Balaban J connectivity index is 1.45. The van der Waals surface area contributed by atoms with E-state index in [0.717, 1.165) is 49.8 Å². The lowest BCUT2D eigenvalue weighted by Crippen LogP contribution is -2.57. The summed E-state index contributed by atoms with van der Waals surface area (Å²) in [5.41, 5.74) is 1.06. The molecule has 1 aromatic carbocycles. The molecule has 10 heteroatoms. The van der Waals surface area contributed by atoms with Gasteiger partial charge in [0.2, 0.25) is 17.7 Å². The number of Topliss-reactive ketones (excluding diaryl/α,β-unsaturated/α-hetero) is 1. The van der Waals surface area contributed by atoms with Crippen molar-refractivity contribution in [1.29, 1.82) is 0 Å². The van der Waals surface area contributed by atoms with Crippen LogP contribution in [0.4, 0.5) is 0 Å². The summed E-state index contributed by atoms with van der Waals surface area (Å²) < 4.78 is 10.7. The third kappa shape index (κ3) is 8.40. The minimum atomic E-state index is -0.955. The number of epoxide rings is 1. The highest BCUT2D eigenvalue weighted by Gasteiger charge is 2.50. The van der Waals surface area contributed by atoms with Crippen molar-refractivity contribution in [2.45, 2.75) is 102 Å². The number of aliphatic imine (C=N–C) groups is 1. The summed E-state index contributed by atoms with van der Waals surface area (Å²) in [4.78, 5) is 57.7. The predicted octanol–water partition coefficient (Wildman–Crippen LogP) is 2.91. The number of nitrogens with one attached hydrogen (secondary N) is 3. The number of carbonyl (C=O) groups excluding carboxylic acids is 4. The molecule has 0 radical (unpaired) electrons. The number of ketones is 1. The van der Waals surface area contributed by atoms with Gasteiger partial charge in [0.1, 0.15) is 23.4 Å². The molecule has 2 fully saturated rings. The Morgan fingerprint density at radius 2 is 1.69 bits per heavy atom. The SMILES string of the molecule is CCC1=NCC(C(=O)NC(C)C(=O)NC(Cc2ccc(OC)cc2)C(=O)NC(CC2CCCC2)C(=O)C2(C)CO2)CC1. The summed E-state index contributed by atoms with van der Waals surface area (Å²) in [7, 11) is 1.58. The normalized spacial score (nSPS) is 24.1. The molecule has 3 aliphatic rings. The molecule has 3 N–H and O–H groups in total. The smallest absolute Gasteiger partial charge is 0.243 e. The van der Waals surface area contributed by atoms with Gasteiger partial charge < -0.3 is 25.4 Å². The summed E-state index contributed by atoms with van der Waals surface area (Å²) in [6, 6.07) is 4.76. The van der Waals surface area contributed by atoms with Crippen molar-refractivity contribution in [3.05, 3.63) is 29.8 Å². The first-order valence-corrected chi connectivity index (χ1v) is 15.4. The Labute approximate surface area is 248 Å². The average Bonchev–Trinajstić information content (AvgIpc) is 3.54. The van der Waals surface area contributed by atoms with Gasteiger partial charge in [-0.1, -0.05) is 44.7 Å². The van der Waals surface area contributed by atoms with Crippen LogP contribution in [0.15, 0.2) is 29.3 Å². The standard InChI is InChI=1S/C32H46N4O6/c1-5-24-13-12-23(18-33-24)30(39)34-20(2)29(38)36-27(17-22-10-14-25(41-4)15-11-22)31(40)35-26(16-21-8-6-7-9-21)28(37)32(3)19-42-32/h10-11,14-15,20-21,23,26-27H,5-9,12-13,16-19H2,1-4H3,(H,34,39)(H,35,40)(H,36,38). The summed E-state index contributed by atoms with van der Waals surface area (Å²) in [5.74, 6) is -0.481. The molecule has 3 amide bonds. The fourth-order valence-corrected chi connectivity index (χ4v) is 5.86. The zero-order valence-corrected chi connectivity index (χ0v) is 25.4. The van der Waals surface area contributed by atoms with Crippen molar-refractivity contribution in [3.8, 4) is 5.75 Å². The van der Waals surface area contributed by atoms with E-state index in [2.05, 4.69) is 27.9 Å². The molecule has 1 saturated heterocycles. The molecular weight excluding hydrogens is 536 g/mol. The Morgan fingerprint density at radius 1 is 1.02 bits per heavy atom. The summed E-state index contributed by atoms with van der Waals surface area (Å²) in [5, 5.41) is 8.61.